The predicted octanol–water partition coefficient (Wildman–Crippen LogP) is -0.491. The molecule has 0 aliphatic heterocycles. The molecule has 9 heavy (non-hydrogen) atoms. The molecule has 0 aromatic rings. The van der Waals surface area contributed by atoms with Crippen LogP contribution in [0.2, 0.25) is 0 Å². The van der Waals surface area contributed by atoms with E-state index >= 15 is 0 Å². The third kappa shape index (κ3) is 0.806. The molecule has 46 valence electrons. The first-order chi connectivity index (χ1) is 4.25. The Morgan fingerprint density at radius 3 is 1.89 bits per heavy atom. The van der Waals surface area contributed by atoms with Gasteiger partial charge in [-0.25, -0.2) is 0 Å². The summed E-state index contributed by atoms with van der Waals surface area (Å²) in [5.41, 5.74) is 0. The fourth-order valence-corrected chi connectivity index (χ4v) is 0.646. The fraction of sp³-hybridized carbons (Fsp3) is 0.167. The van der Waals surface area contributed by atoms with Crippen molar-refractivity contribution in [1.82, 2.24) is 0 Å². The summed E-state index contributed by atoms with van der Waals surface area (Å²) in [5.74, 6) is -1.85. The third-order valence-corrected chi connectivity index (χ3v) is 1.16. The van der Waals surface area contributed by atoms with Crippen LogP contribution in [0.5, 0.6) is 0 Å². The lowest BCUT2D eigenvalue weighted by molar-refractivity contribution is -0.130. The second kappa shape index (κ2) is 1.93. The second-order valence-corrected chi connectivity index (χ2v) is 1.75. The summed E-state index contributed by atoms with van der Waals surface area (Å²) in [6.07, 6.45) is 2.62. The molecule has 1 rings (SSSR count). The van der Waals surface area contributed by atoms with E-state index in [1.807, 2.05) is 0 Å². The molecule has 1 aliphatic carbocycles. The highest BCUT2D eigenvalue weighted by Crippen LogP contribution is 2.06. The van der Waals surface area contributed by atoms with Gasteiger partial charge in [0, 0.05) is 0 Å². The molecule has 3 heteroatoms. The van der Waals surface area contributed by atoms with E-state index in [4.69, 9.17) is 0 Å². The Hall–Kier alpha value is -1.25. The second-order valence-electron chi connectivity index (χ2n) is 1.75. The van der Waals surface area contributed by atoms with Gasteiger partial charge in [-0.2, -0.15) is 0 Å². The van der Waals surface area contributed by atoms with E-state index in [1.165, 1.54) is 0 Å². The summed E-state index contributed by atoms with van der Waals surface area (Å²) in [7, 11) is 0. The van der Waals surface area contributed by atoms with Crippen LogP contribution in [0.4, 0.5) is 0 Å². The van der Waals surface area contributed by atoms with Crippen LogP contribution >= 0.6 is 0 Å². The molecule has 0 atom stereocenters. The largest absolute Gasteiger partial charge is 0.302 e. The normalized spacial score (nSPS) is 19.1. The van der Waals surface area contributed by atoms with Crippen molar-refractivity contribution in [2.75, 3.05) is 0 Å². The first-order valence-corrected chi connectivity index (χ1v) is 2.47. The van der Waals surface area contributed by atoms with E-state index in [0.29, 0.717) is 6.29 Å². The summed E-state index contributed by atoms with van der Waals surface area (Å²) in [6.45, 7) is 0. The van der Waals surface area contributed by atoms with Gasteiger partial charge in [0.2, 0.25) is 0 Å². The summed E-state index contributed by atoms with van der Waals surface area (Å²) in [4.78, 5) is 30.9. The number of aldehydes is 1. The van der Waals surface area contributed by atoms with Crippen molar-refractivity contribution in [2.24, 2.45) is 5.92 Å². The zero-order valence-corrected chi connectivity index (χ0v) is 4.53. The van der Waals surface area contributed by atoms with E-state index in [1.54, 1.807) is 0 Å². The van der Waals surface area contributed by atoms with Gasteiger partial charge in [-0.1, -0.05) is 0 Å². The molecule has 3 nitrogen and oxygen atoms in total. The number of hydrogen-bond donors (Lipinski definition) is 0. The standard InChI is InChI=1S/C6H4O3/c7-3-4-5(8)1-2-6(4)9/h1-4H. The SMILES string of the molecule is O=CC1C(=O)C=CC1=O. The monoisotopic (exact) mass is 124 g/mol. The summed E-state index contributed by atoms with van der Waals surface area (Å²) < 4.78 is 0. The Labute approximate surface area is 51.4 Å². The Bertz CT molecular complexity index is 184. The maximum Gasteiger partial charge on any atom is 0.173 e. The lowest BCUT2D eigenvalue weighted by Crippen LogP contribution is -2.16. The van der Waals surface area contributed by atoms with Gasteiger partial charge in [-0.05, 0) is 12.2 Å². The topological polar surface area (TPSA) is 51.2 Å². The molecule has 1 aliphatic rings. The Morgan fingerprint density at radius 1 is 1.22 bits per heavy atom. The van der Waals surface area contributed by atoms with Crippen molar-refractivity contribution < 1.29 is 14.4 Å². The van der Waals surface area contributed by atoms with Crippen LogP contribution < -0.4 is 0 Å². The lowest BCUT2D eigenvalue weighted by Gasteiger charge is -1.90. The van der Waals surface area contributed by atoms with Crippen LogP contribution in [0.25, 0.3) is 0 Å². The van der Waals surface area contributed by atoms with Crippen LogP contribution in [0.3, 0.4) is 0 Å². The van der Waals surface area contributed by atoms with Crippen LogP contribution in [-0.4, -0.2) is 17.9 Å². The molecule has 0 saturated carbocycles. The number of rotatable bonds is 1. The summed E-state index contributed by atoms with van der Waals surface area (Å²) >= 11 is 0. The zero-order valence-electron chi connectivity index (χ0n) is 4.53. The van der Waals surface area contributed by atoms with Gasteiger partial charge < -0.3 is 4.79 Å². The van der Waals surface area contributed by atoms with Gasteiger partial charge in [0.25, 0.3) is 0 Å². The van der Waals surface area contributed by atoms with Crippen LogP contribution in [0, 0.1) is 5.92 Å². The molecule has 0 heterocycles. The van der Waals surface area contributed by atoms with Gasteiger partial charge in [-0.15, -0.1) is 0 Å². The average Bonchev–Trinajstić information content (AvgIpc) is 2.12. The van der Waals surface area contributed by atoms with Crippen molar-refractivity contribution in [3.8, 4) is 0 Å². The molecular formula is C6H4O3. The van der Waals surface area contributed by atoms with Crippen molar-refractivity contribution in [2.45, 2.75) is 0 Å². The molecule has 0 aromatic carbocycles. The molecule has 0 bridgehead atoms. The Kier molecular flexibility index (Phi) is 1.26. The van der Waals surface area contributed by atoms with E-state index in [-0.39, 0.29) is 0 Å². The average molecular weight is 124 g/mol. The number of carbonyl (C=O) groups excluding carboxylic acids is 3. The fourth-order valence-electron chi connectivity index (χ4n) is 0.646. The lowest BCUT2D eigenvalue weighted by atomic mass is 10.1. The molecule has 0 unspecified atom stereocenters. The molecule has 0 N–H and O–H groups in total. The maximum absolute atomic E-state index is 10.5. The number of carbonyl (C=O) groups is 3. The van der Waals surface area contributed by atoms with Gasteiger partial charge in [-0.3, -0.25) is 9.59 Å². The summed E-state index contributed by atoms with van der Waals surface area (Å²) in [5, 5.41) is 0. The molecule has 0 radical (unpaired) electrons. The van der Waals surface area contributed by atoms with Gasteiger partial charge in [0.1, 0.15) is 12.2 Å². The molecular weight excluding hydrogens is 120 g/mol. The number of allylic oxidation sites excluding steroid dienone is 2. The minimum atomic E-state index is -1.04. The first kappa shape index (κ1) is 5.88. The van der Waals surface area contributed by atoms with E-state index in [9.17, 15) is 14.4 Å². The quantitative estimate of drug-likeness (QED) is 0.350. The zero-order chi connectivity index (χ0) is 6.85. The molecule has 0 fully saturated rings. The van der Waals surface area contributed by atoms with Crippen molar-refractivity contribution in [1.29, 1.82) is 0 Å². The molecule has 0 spiro atoms. The van der Waals surface area contributed by atoms with Crippen LogP contribution in [0.1, 0.15) is 0 Å². The van der Waals surface area contributed by atoms with E-state index in [0.717, 1.165) is 12.2 Å². The van der Waals surface area contributed by atoms with Crippen molar-refractivity contribution >= 4 is 17.9 Å². The van der Waals surface area contributed by atoms with Gasteiger partial charge >= 0.3 is 0 Å². The Morgan fingerprint density at radius 2 is 1.67 bits per heavy atom. The predicted molar refractivity (Wildman–Crippen MR) is 28.7 cm³/mol. The smallest absolute Gasteiger partial charge is 0.173 e. The minimum absolute atomic E-state index is 0.366. The van der Waals surface area contributed by atoms with E-state index < -0.39 is 17.5 Å². The number of hydrogen-bond acceptors (Lipinski definition) is 3. The van der Waals surface area contributed by atoms with Crippen LogP contribution in [-0.2, 0) is 14.4 Å². The highest BCUT2D eigenvalue weighted by molar-refractivity contribution is 6.26. The Balaban J connectivity index is 2.87. The van der Waals surface area contributed by atoms with Crippen molar-refractivity contribution in [3.63, 3.8) is 0 Å². The number of ketones is 2. The highest BCUT2D eigenvalue weighted by Gasteiger charge is 2.26. The molecule has 0 aromatic heterocycles. The molecule has 0 saturated heterocycles. The first-order valence-electron chi connectivity index (χ1n) is 2.47. The summed E-state index contributed by atoms with van der Waals surface area (Å²) in [6, 6.07) is 0. The maximum atomic E-state index is 10.5. The van der Waals surface area contributed by atoms with Gasteiger partial charge in [0.15, 0.2) is 11.6 Å². The van der Waals surface area contributed by atoms with E-state index in [2.05, 4.69) is 0 Å². The van der Waals surface area contributed by atoms with Crippen molar-refractivity contribution in [3.05, 3.63) is 12.2 Å². The third-order valence-electron chi connectivity index (χ3n) is 1.16. The highest BCUT2D eigenvalue weighted by atomic mass is 16.2. The van der Waals surface area contributed by atoms with Gasteiger partial charge in [0.05, 0.1) is 0 Å². The molecule has 0 amide bonds. The minimum Gasteiger partial charge on any atom is -0.302 e. The van der Waals surface area contributed by atoms with Crippen LogP contribution in [0.15, 0.2) is 12.2 Å².